The molecule has 0 amide bonds. The van der Waals surface area contributed by atoms with Crippen LogP contribution >= 0.6 is 0 Å². The Labute approximate surface area is 108 Å². The molecule has 2 N–H and O–H groups in total. The van der Waals surface area contributed by atoms with E-state index in [1.807, 2.05) is 45.8 Å². The summed E-state index contributed by atoms with van der Waals surface area (Å²) in [4.78, 5) is 3.95. The number of rotatable bonds is 2. The first-order chi connectivity index (χ1) is 8.32. The van der Waals surface area contributed by atoms with E-state index >= 15 is 0 Å². The van der Waals surface area contributed by atoms with Crippen molar-refractivity contribution in [3.63, 3.8) is 0 Å². The Balaban J connectivity index is 2.11. The van der Waals surface area contributed by atoms with Gasteiger partial charge in [0.25, 0.3) is 0 Å². The molecular formula is C13H19BN2O2. The molecule has 0 aromatic carbocycles. The number of nitrogen functional groups attached to an aromatic ring is 1. The zero-order valence-corrected chi connectivity index (χ0v) is 11.3. The number of hydrogen-bond acceptors (Lipinski definition) is 4. The van der Waals surface area contributed by atoms with Gasteiger partial charge in [-0.1, -0.05) is 12.1 Å². The molecule has 18 heavy (non-hydrogen) atoms. The zero-order valence-electron chi connectivity index (χ0n) is 11.3. The number of hydrogen-bond donors (Lipinski definition) is 1. The second kappa shape index (κ2) is 4.41. The van der Waals surface area contributed by atoms with E-state index in [0.29, 0.717) is 5.69 Å². The van der Waals surface area contributed by atoms with Gasteiger partial charge in [0.2, 0.25) is 0 Å². The lowest BCUT2D eigenvalue weighted by Gasteiger charge is -2.32. The third-order valence-corrected chi connectivity index (χ3v) is 3.59. The van der Waals surface area contributed by atoms with E-state index in [2.05, 4.69) is 4.98 Å². The molecule has 0 bridgehead atoms. The standard InChI is InChI=1S/C13H19BN2O2/c1-12(2)13(3,4)18-14(17-12)7-5-10-6-8-16-9-11(10)15/h5-9H,15H2,1-4H3/b7-5+. The van der Waals surface area contributed by atoms with Gasteiger partial charge in [0.15, 0.2) is 0 Å². The molecular weight excluding hydrogens is 227 g/mol. The Kier molecular flexibility index (Phi) is 3.21. The van der Waals surface area contributed by atoms with Crippen molar-refractivity contribution >= 4 is 18.9 Å². The van der Waals surface area contributed by atoms with Crippen molar-refractivity contribution in [2.75, 3.05) is 5.73 Å². The van der Waals surface area contributed by atoms with Crippen LogP contribution in [0.3, 0.4) is 0 Å². The maximum Gasteiger partial charge on any atom is 0.487 e. The summed E-state index contributed by atoms with van der Waals surface area (Å²) in [6.45, 7) is 8.12. The number of aromatic nitrogens is 1. The van der Waals surface area contributed by atoms with Gasteiger partial charge in [-0.2, -0.15) is 0 Å². The lowest BCUT2D eigenvalue weighted by molar-refractivity contribution is 0.00578. The van der Waals surface area contributed by atoms with Crippen molar-refractivity contribution in [3.05, 3.63) is 30.0 Å². The van der Waals surface area contributed by atoms with Crippen molar-refractivity contribution in [1.82, 2.24) is 4.98 Å². The molecule has 1 fully saturated rings. The molecule has 2 rings (SSSR count). The summed E-state index contributed by atoms with van der Waals surface area (Å²) in [5.74, 6) is 1.88. The lowest BCUT2D eigenvalue weighted by atomic mass is 9.89. The molecule has 96 valence electrons. The topological polar surface area (TPSA) is 57.4 Å². The summed E-state index contributed by atoms with van der Waals surface area (Å²) >= 11 is 0. The molecule has 0 radical (unpaired) electrons. The molecule has 5 heteroatoms. The van der Waals surface area contributed by atoms with Gasteiger partial charge in [0.05, 0.1) is 23.1 Å². The van der Waals surface area contributed by atoms with E-state index in [1.54, 1.807) is 12.4 Å². The Bertz CT molecular complexity index is 456. The fraction of sp³-hybridized carbons (Fsp3) is 0.462. The third-order valence-electron chi connectivity index (χ3n) is 3.59. The van der Waals surface area contributed by atoms with Crippen molar-refractivity contribution in [2.24, 2.45) is 0 Å². The third kappa shape index (κ3) is 2.42. The van der Waals surface area contributed by atoms with Crippen molar-refractivity contribution in [3.8, 4) is 0 Å². The van der Waals surface area contributed by atoms with E-state index < -0.39 is 0 Å². The molecule has 1 aromatic heterocycles. The van der Waals surface area contributed by atoms with Crippen LogP contribution in [-0.2, 0) is 9.31 Å². The molecule has 0 unspecified atom stereocenters. The summed E-state index contributed by atoms with van der Waals surface area (Å²) in [6, 6.07) is 1.86. The second-order valence-corrected chi connectivity index (χ2v) is 5.49. The summed E-state index contributed by atoms with van der Waals surface area (Å²) in [6.07, 6.45) is 5.24. The average molecular weight is 246 g/mol. The molecule has 1 aliphatic heterocycles. The van der Waals surface area contributed by atoms with Crippen LogP contribution in [0.5, 0.6) is 0 Å². The summed E-state index contributed by atoms with van der Waals surface area (Å²) in [7, 11) is -0.345. The summed E-state index contributed by atoms with van der Waals surface area (Å²) < 4.78 is 11.7. The minimum atomic E-state index is -0.345. The van der Waals surface area contributed by atoms with Crippen LogP contribution in [0, 0.1) is 0 Å². The summed E-state index contributed by atoms with van der Waals surface area (Å²) in [5.41, 5.74) is 6.75. The highest BCUT2D eigenvalue weighted by molar-refractivity contribution is 6.52. The van der Waals surface area contributed by atoms with E-state index in [4.69, 9.17) is 15.0 Å². The molecule has 1 aromatic rings. The maximum absolute atomic E-state index is 5.86. The van der Waals surface area contributed by atoms with Crippen LogP contribution in [0.4, 0.5) is 5.69 Å². The van der Waals surface area contributed by atoms with Crippen LogP contribution < -0.4 is 5.73 Å². The summed E-state index contributed by atoms with van der Waals surface area (Å²) in [5, 5.41) is 0. The Morgan fingerprint density at radius 3 is 2.39 bits per heavy atom. The molecule has 0 atom stereocenters. The number of nitrogens with zero attached hydrogens (tertiary/aromatic N) is 1. The van der Waals surface area contributed by atoms with E-state index in [-0.39, 0.29) is 18.3 Å². The van der Waals surface area contributed by atoms with E-state index in [9.17, 15) is 0 Å². The molecule has 0 aliphatic carbocycles. The lowest BCUT2D eigenvalue weighted by Crippen LogP contribution is -2.41. The van der Waals surface area contributed by atoms with Gasteiger partial charge in [0.1, 0.15) is 0 Å². The first-order valence-electron chi connectivity index (χ1n) is 6.05. The largest absolute Gasteiger partial charge is 0.487 e. The van der Waals surface area contributed by atoms with Gasteiger partial charge in [-0.25, -0.2) is 0 Å². The monoisotopic (exact) mass is 246 g/mol. The predicted octanol–water partition coefficient (Wildman–Crippen LogP) is 2.31. The van der Waals surface area contributed by atoms with Gasteiger partial charge in [-0.05, 0) is 39.3 Å². The molecule has 1 saturated heterocycles. The predicted molar refractivity (Wildman–Crippen MR) is 73.8 cm³/mol. The quantitative estimate of drug-likeness (QED) is 0.813. The van der Waals surface area contributed by atoms with Crippen molar-refractivity contribution in [2.45, 2.75) is 38.9 Å². The molecule has 0 saturated carbocycles. The van der Waals surface area contributed by atoms with Crippen LogP contribution in [0.15, 0.2) is 24.4 Å². The van der Waals surface area contributed by atoms with Gasteiger partial charge in [-0.3, -0.25) is 4.98 Å². The highest BCUT2D eigenvalue weighted by Gasteiger charge is 2.49. The van der Waals surface area contributed by atoms with E-state index in [1.165, 1.54) is 0 Å². The molecule has 4 nitrogen and oxygen atoms in total. The van der Waals surface area contributed by atoms with Gasteiger partial charge >= 0.3 is 7.12 Å². The van der Waals surface area contributed by atoms with E-state index in [0.717, 1.165) is 5.56 Å². The minimum Gasteiger partial charge on any atom is -0.400 e. The number of nitrogens with two attached hydrogens (primary N) is 1. The molecule has 0 spiro atoms. The van der Waals surface area contributed by atoms with Crippen LogP contribution in [0.25, 0.3) is 6.08 Å². The van der Waals surface area contributed by atoms with Gasteiger partial charge in [-0.15, -0.1) is 0 Å². The van der Waals surface area contributed by atoms with Crippen LogP contribution in [-0.4, -0.2) is 23.3 Å². The number of anilines is 1. The first-order valence-corrected chi connectivity index (χ1v) is 6.05. The smallest absolute Gasteiger partial charge is 0.400 e. The SMILES string of the molecule is CC1(C)OB(/C=C/c2ccncc2N)OC1(C)C. The maximum atomic E-state index is 5.86. The fourth-order valence-electron chi connectivity index (χ4n) is 1.72. The minimum absolute atomic E-state index is 0.314. The number of pyridine rings is 1. The Hall–Kier alpha value is -1.33. The highest BCUT2D eigenvalue weighted by Crippen LogP contribution is 2.37. The normalized spacial score (nSPS) is 21.7. The van der Waals surface area contributed by atoms with Crippen molar-refractivity contribution in [1.29, 1.82) is 0 Å². The first kappa shape index (κ1) is 13.1. The fourth-order valence-corrected chi connectivity index (χ4v) is 1.72. The van der Waals surface area contributed by atoms with Crippen LogP contribution in [0.2, 0.25) is 0 Å². The van der Waals surface area contributed by atoms with Crippen molar-refractivity contribution < 1.29 is 9.31 Å². The Morgan fingerprint density at radius 1 is 1.22 bits per heavy atom. The van der Waals surface area contributed by atoms with Gasteiger partial charge in [0, 0.05) is 6.20 Å². The van der Waals surface area contributed by atoms with Crippen LogP contribution in [0.1, 0.15) is 33.3 Å². The molecule has 1 aliphatic rings. The van der Waals surface area contributed by atoms with Gasteiger partial charge < -0.3 is 15.0 Å². The Morgan fingerprint density at radius 2 is 1.83 bits per heavy atom. The highest BCUT2D eigenvalue weighted by atomic mass is 16.7. The average Bonchev–Trinajstić information content (AvgIpc) is 2.46. The zero-order chi connectivity index (χ0) is 13.4. The second-order valence-electron chi connectivity index (χ2n) is 5.49. The molecule has 2 heterocycles.